The van der Waals surface area contributed by atoms with Crippen LogP contribution < -0.4 is 0 Å². The lowest BCUT2D eigenvalue weighted by molar-refractivity contribution is 0.0629. The monoisotopic (exact) mass is 496 g/mol. The number of unbranched alkanes of at least 4 members (excludes halogenated alkanes) is 1. The average Bonchev–Trinajstić information content (AvgIpc) is 2.88. The summed E-state index contributed by atoms with van der Waals surface area (Å²) in [6, 6.07) is 7.79. The molecule has 0 saturated heterocycles. The molecule has 3 atom stereocenters. The highest BCUT2D eigenvalue weighted by atomic mass is 35.5. The molecule has 1 aromatic heterocycles. The Bertz CT molecular complexity index is 1120. The van der Waals surface area contributed by atoms with Crippen LogP contribution in [0.3, 0.4) is 0 Å². The Balaban J connectivity index is 1.66. The zero-order chi connectivity index (χ0) is 24.5. The number of carbonyl (C=O) groups excluding carboxylic acids is 1. The number of rotatable bonds is 4. The van der Waals surface area contributed by atoms with Crippen LogP contribution in [0.15, 0.2) is 30.5 Å². The summed E-state index contributed by atoms with van der Waals surface area (Å²) in [5, 5.41) is 1.23. The van der Waals surface area contributed by atoms with Gasteiger partial charge >= 0.3 is 0 Å². The average molecular weight is 498 g/mol. The second-order valence-electron chi connectivity index (χ2n) is 10.4. The standard InChI is InChI=1S/C29H34Cl2N2O/c1-19(2)25-24(30)17-22-26(27(25)31)28(34)33(18-23-20(3)11-10-14-29(22,23)4)16-9-5-6-12-21-13-7-8-15-32-21/h7-8,13,15,17,19-20,23H,5,9-11,14,16,18H2,1-4H3. The van der Waals surface area contributed by atoms with E-state index in [9.17, 15) is 4.79 Å². The van der Waals surface area contributed by atoms with E-state index in [2.05, 4.69) is 50.6 Å². The molecule has 1 saturated carbocycles. The topological polar surface area (TPSA) is 33.2 Å². The SMILES string of the molecule is CC(C)c1c(Cl)cc2c(c1Cl)C(=O)N(CCCC#Cc1ccccn1)CC1C(C)CCCC21C. The summed E-state index contributed by atoms with van der Waals surface area (Å²) < 4.78 is 0. The highest BCUT2D eigenvalue weighted by Crippen LogP contribution is 2.52. The maximum Gasteiger partial charge on any atom is 0.255 e. The normalized spacial score (nSPS) is 24.2. The van der Waals surface area contributed by atoms with Crippen molar-refractivity contribution in [1.29, 1.82) is 0 Å². The predicted octanol–water partition coefficient (Wildman–Crippen LogP) is 7.49. The third-order valence-corrected chi connectivity index (χ3v) is 8.54. The van der Waals surface area contributed by atoms with E-state index in [0.29, 0.717) is 34.0 Å². The van der Waals surface area contributed by atoms with Gasteiger partial charge in [0.25, 0.3) is 5.91 Å². The second kappa shape index (κ2) is 10.3. The number of nitrogens with zero attached hydrogens (tertiary/aromatic N) is 2. The molecule has 4 rings (SSSR count). The molecule has 3 nitrogen and oxygen atoms in total. The largest absolute Gasteiger partial charge is 0.338 e. The summed E-state index contributed by atoms with van der Waals surface area (Å²) in [5.41, 5.74) is 3.26. The number of hydrogen-bond donors (Lipinski definition) is 0. The first kappa shape index (κ1) is 25.1. The minimum Gasteiger partial charge on any atom is -0.338 e. The van der Waals surface area contributed by atoms with Gasteiger partial charge in [-0.05, 0) is 71.3 Å². The van der Waals surface area contributed by atoms with Gasteiger partial charge in [-0.2, -0.15) is 0 Å². The van der Waals surface area contributed by atoms with Crippen molar-refractivity contribution in [2.24, 2.45) is 11.8 Å². The number of aromatic nitrogens is 1. The molecule has 2 heterocycles. The molecule has 1 fully saturated rings. The van der Waals surface area contributed by atoms with Gasteiger partial charge in [0.1, 0.15) is 5.69 Å². The van der Waals surface area contributed by atoms with Gasteiger partial charge in [-0.1, -0.05) is 75.7 Å². The van der Waals surface area contributed by atoms with Gasteiger partial charge in [0.05, 0.1) is 10.6 Å². The van der Waals surface area contributed by atoms with Gasteiger partial charge in [0.2, 0.25) is 0 Å². The fraction of sp³-hybridized carbons (Fsp3) is 0.517. The number of amides is 1. The molecule has 0 N–H and O–H groups in total. The molecule has 1 aromatic carbocycles. The highest BCUT2D eigenvalue weighted by molar-refractivity contribution is 6.38. The van der Waals surface area contributed by atoms with Crippen molar-refractivity contribution in [1.82, 2.24) is 9.88 Å². The fourth-order valence-electron chi connectivity index (χ4n) is 5.96. The smallest absolute Gasteiger partial charge is 0.255 e. The van der Waals surface area contributed by atoms with E-state index in [-0.39, 0.29) is 17.2 Å². The van der Waals surface area contributed by atoms with Crippen LogP contribution in [0.5, 0.6) is 0 Å². The summed E-state index contributed by atoms with van der Waals surface area (Å²) >= 11 is 13.7. The first-order valence-corrected chi connectivity index (χ1v) is 13.2. The quantitative estimate of drug-likeness (QED) is 0.324. The molecule has 0 radical (unpaired) electrons. The van der Waals surface area contributed by atoms with Crippen LogP contribution in [0.2, 0.25) is 10.0 Å². The van der Waals surface area contributed by atoms with Crippen molar-refractivity contribution >= 4 is 29.1 Å². The number of halogens is 2. The molecule has 3 unspecified atom stereocenters. The van der Waals surface area contributed by atoms with Crippen LogP contribution >= 0.6 is 23.2 Å². The van der Waals surface area contributed by atoms with Crippen LogP contribution in [0.1, 0.15) is 92.9 Å². The third kappa shape index (κ3) is 4.73. The van der Waals surface area contributed by atoms with Gasteiger partial charge in [-0.25, -0.2) is 4.98 Å². The van der Waals surface area contributed by atoms with Gasteiger partial charge in [-0.3, -0.25) is 4.79 Å². The lowest BCUT2D eigenvalue weighted by Crippen LogP contribution is -2.45. The van der Waals surface area contributed by atoms with Crippen molar-refractivity contribution in [3.05, 3.63) is 62.9 Å². The maximum absolute atomic E-state index is 14.0. The van der Waals surface area contributed by atoms with Gasteiger partial charge in [0, 0.05) is 30.7 Å². The van der Waals surface area contributed by atoms with E-state index < -0.39 is 0 Å². The zero-order valence-electron chi connectivity index (χ0n) is 20.6. The number of benzene rings is 1. The molecule has 1 aliphatic heterocycles. The molecule has 0 bridgehead atoms. The van der Waals surface area contributed by atoms with E-state index in [4.69, 9.17) is 23.2 Å². The van der Waals surface area contributed by atoms with Crippen LogP contribution in [0.25, 0.3) is 0 Å². The van der Waals surface area contributed by atoms with Gasteiger partial charge < -0.3 is 4.90 Å². The third-order valence-electron chi connectivity index (χ3n) is 7.84. The number of carbonyl (C=O) groups is 1. The number of hydrogen-bond acceptors (Lipinski definition) is 2. The van der Waals surface area contributed by atoms with Crippen LogP contribution in [-0.4, -0.2) is 28.9 Å². The molecule has 1 amide bonds. The van der Waals surface area contributed by atoms with Crippen molar-refractivity contribution < 1.29 is 4.79 Å². The van der Waals surface area contributed by atoms with Crippen molar-refractivity contribution in [2.45, 2.75) is 71.1 Å². The predicted molar refractivity (Wildman–Crippen MR) is 141 cm³/mol. The molecular formula is C29H34Cl2N2O. The maximum atomic E-state index is 14.0. The first-order chi connectivity index (χ1) is 16.2. The Hall–Kier alpha value is -2.02. The summed E-state index contributed by atoms with van der Waals surface area (Å²) in [7, 11) is 0. The molecular weight excluding hydrogens is 463 g/mol. The van der Waals surface area contributed by atoms with Crippen LogP contribution in [-0.2, 0) is 5.41 Å². The minimum absolute atomic E-state index is 0.0408. The Morgan fingerprint density at radius 1 is 1.29 bits per heavy atom. The fourth-order valence-corrected chi connectivity index (χ4v) is 6.94. The van der Waals surface area contributed by atoms with Crippen LogP contribution in [0, 0.1) is 23.7 Å². The van der Waals surface area contributed by atoms with E-state index in [1.54, 1.807) is 6.20 Å². The van der Waals surface area contributed by atoms with Gasteiger partial charge in [0.15, 0.2) is 0 Å². The zero-order valence-corrected chi connectivity index (χ0v) is 22.1. The van der Waals surface area contributed by atoms with Gasteiger partial charge in [-0.15, -0.1) is 0 Å². The van der Waals surface area contributed by atoms with E-state index in [1.807, 2.05) is 23.1 Å². The van der Waals surface area contributed by atoms with Crippen LogP contribution in [0.4, 0.5) is 0 Å². The molecule has 1 aliphatic carbocycles. The molecule has 180 valence electrons. The lowest BCUT2D eigenvalue weighted by Gasteiger charge is -2.46. The van der Waals surface area contributed by atoms with E-state index in [1.165, 1.54) is 6.42 Å². The Labute approximate surface area is 214 Å². The Morgan fingerprint density at radius 3 is 2.79 bits per heavy atom. The number of pyridine rings is 1. The van der Waals surface area contributed by atoms with Crippen molar-refractivity contribution in [3.63, 3.8) is 0 Å². The first-order valence-electron chi connectivity index (χ1n) is 12.5. The van der Waals surface area contributed by atoms with E-state index in [0.717, 1.165) is 49.0 Å². The summed E-state index contributed by atoms with van der Waals surface area (Å²) in [6.07, 6.45) is 6.70. The minimum atomic E-state index is -0.112. The van der Waals surface area contributed by atoms with Crippen molar-refractivity contribution in [2.75, 3.05) is 13.1 Å². The Morgan fingerprint density at radius 2 is 2.09 bits per heavy atom. The number of fused-ring (bicyclic) bond motifs is 3. The molecule has 5 heteroatoms. The highest BCUT2D eigenvalue weighted by Gasteiger charge is 2.48. The lowest BCUT2D eigenvalue weighted by atomic mass is 9.59. The molecule has 2 aromatic rings. The summed E-state index contributed by atoms with van der Waals surface area (Å²) in [4.78, 5) is 20.3. The summed E-state index contributed by atoms with van der Waals surface area (Å²) in [6.45, 7) is 10.2. The molecule has 2 aliphatic rings. The molecule has 34 heavy (non-hydrogen) atoms. The second-order valence-corrected chi connectivity index (χ2v) is 11.2. The molecule has 0 spiro atoms. The Kier molecular flexibility index (Phi) is 7.60. The van der Waals surface area contributed by atoms with Crippen molar-refractivity contribution in [3.8, 4) is 11.8 Å². The summed E-state index contributed by atoms with van der Waals surface area (Å²) in [5.74, 6) is 7.42. The van der Waals surface area contributed by atoms with E-state index >= 15 is 0 Å².